The van der Waals surface area contributed by atoms with Gasteiger partial charge in [0.2, 0.25) is 0 Å². The zero-order chi connectivity index (χ0) is 38.6. The largest absolute Gasteiger partial charge is 0.457 e. The number of nitrogens with zero attached hydrogens (tertiary/aromatic N) is 4. The molecule has 0 N–H and O–H groups in total. The first-order valence-corrected chi connectivity index (χ1v) is 19.3. The Kier molecular flexibility index (Phi) is 7.70. The quantitative estimate of drug-likeness (QED) is 0.176. The number of aromatic nitrogens is 3. The van der Waals surface area contributed by atoms with Gasteiger partial charge in [0.05, 0.1) is 17.0 Å². The van der Waals surface area contributed by atoms with E-state index in [2.05, 4.69) is 103 Å². The number of hydrogen-bond acceptors (Lipinski definition) is 5. The summed E-state index contributed by atoms with van der Waals surface area (Å²) in [7, 11) is 0. The summed E-state index contributed by atoms with van der Waals surface area (Å²) in [6.45, 7) is 0. The van der Waals surface area contributed by atoms with Crippen molar-refractivity contribution in [2.45, 2.75) is 5.41 Å². The van der Waals surface area contributed by atoms with Crippen molar-refractivity contribution in [2.75, 3.05) is 0 Å². The Bertz CT molecular complexity index is 3010. The number of nitriles is 1. The fraction of sp³-hybridized carbons (Fsp3) is 0.0189. The SMILES string of the molecule is N#Cc1ccccc1-c1cc(-c2ccc3c(c2)C2(c4ccccc4Oc4ccccc42)c2ccccc2-3)cc(-c2nc(-c3ccccc3)nc(-c3ccccc3)n2)c1. The fourth-order valence-corrected chi connectivity index (χ4v) is 8.88. The van der Waals surface area contributed by atoms with Crippen LogP contribution in [0.4, 0.5) is 0 Å². The van der Waals surface area contributed by atoms with Crippen molar-refractivity contribution >= 4 is 0 Å². The van der Waals surface area contributed by atoms with E-state index in [0.29, 0.717) is 23.0 Å². The lowest BCUT2D eigenvalue weighted by molar-refractivity contribution is 0.436. The van der Waals surface area contributed by atoms with E-state index >= 15 is 0 Å². The molecular weight excluding hydrogens is 709 g/mol. The third-order valence-electron chi connectivity index (χ3n) is 11.4. The highest BCUT2D eigenvalue weighted by molar-refractivity contribution is 5.91. The molecule has 1 aliphatic carbocycles. The van der Waals surface area contributed by atoms with Gasteiger partial charge in [-0.1, -0.05) is 152 Å². The van der Waals surface area contributed by atoms with Crippen molar-refractivity contribution in [1.82, 2.24) is 15.0 Å². The second kappa shape index (κ2) is 13.4. The molecule has 1 aromatic heterocycles. The summed E-state index contributed by atoms with van der Waals surface area (Å²) >= 11 is 0. The topological polar surface area (TPSA) is 71.7 Å². The van der Waals surface area contributed by atoms with Crippen LogP contribution in [0.2, 0.25) is 0 Å². The molecule has 0 amide bonds. The first-order chi connectivity index (χ1) is 28.7. The van der Waals surface area contributed by atoms with Crippen molar-refractivity contribution in [1.29, 1.82) is 5.26 Å². The van der Waals surface area contributed by atoms with Crippen molar-refractivity contribution in [3.05, 3.63) is 222 Å². The van der Waals surface area contributed by atoms with Crippen molar-refractivity contribution in [2.24, 2.45) is 0 Å². The Morgan fingerprint density at radius 1 is 0.362 bits per heavy atom. The van der Waals surface area contributed by atoms with Gasteiger partial charge >= 0.3 is 0 Å². The zero-order valence-corrected chi connectivity index (χ0v) is 31.2. The van der Waals surface area contributed by atoms with Gasteiger partial charge in [-0.3, -0.25) is 0 Å². The monoisotopic (exact) mass is 740 g/mol. The van der Waals surface area contributed by atoms with E-state index in [1.807, 2.05) is 97.1 Å². The van der Waals surface area contributed by atoms with E-state index < -0.39 is 5.41 Å². The van der Waals surface area contributed by atoms with Gasteiger partial charge in [-0.05, 0) is 87.0 Å². The average molecular weight is 741 g/mol. The van der Waals surface area contributed by atoms with Crippen LogP contribution in [0.3, 0.4) is 0 Å². The molecular formula is C53H32N4O. The normalized spacial score (nSPS) is 12.7. The van der Waals surface area contributed by atoms with Crippen LogP contribution in [-0.2, 0) is 5.41 Å². The van der Waals surface area contributed by atoms with E-state index in [-0.39, 0.29) is 0 Å². The molecule has 0 bridgehead atoms. The van der Waals surface area contributed by atoms with Crippen LogP contribution in [0.1, 0.15) is 27.8 Å². The summed E-state index contributed by atoms with van der Waals surface area (Å²) in [5.41, 5.74) is 13.4. The summed E-state index contributed by atoms with van der Waals surface area (Å²) in [5.74, 6) is 3.42. The van der Waals surface area contributed by atoms with Crippen LogP contribution in [0.5, 0.6) is 11.5 Å². The molecule has 9 aromatic rings. The third kappa shape index (κ3) is 5.20. The van der Waals surface area contributed by atoms with Crippen molar-refractivity contribution in [3.8, 4) is 85.1 Å². The number of rotatable bonds is 5. The van der Waals surface area contributed by atoms with Gasteiger partial charge < -0.3 is 4.74 Å². The smallest absolute Gasteiger partial charge is 0.164 e. The summed E-state index contributed by atoms with van der Waals surface area (Å²) in [6.07, 6.45) is 0. The molecule has 0 unspecified atom stereocenters. The maximum atomic E-state index is 10.3. The van der Waals surface area contributed by atoms with E-state index in [1.54, 1.807) is 0 Å². The summed E-state index contributed by atoms with van der Waals surface area (Å²) in [6, 6.07) is 69.0. The highest BCUT2D eigenvalue weighted by atomic mass is 16.5. The molecule has 270 valence electrons. The van der Waals surface area contributed by atoms with Crippen LogP contribution >= 0.6 is 0 Å². The molecule has 5 nitrogen and oxygen atoms in total. The summed E-state index contributed by atoms with van der Waals surface area (Å²) < 4.78 is 6.60. The Labute approximate surface area is 336 Å². The number of hydrogen-bond donors (Lipinski definition) is 0. The lowest BCUT2D eigenvalue weighted by Crippen LogP contribution is -2.32. The zero-order valence-electron chi connectivity index (χ0n) is 31.2. The highest BCUT2D eigenvalue weighted by Gasteiger charge is 2.51. The van der Waals surface area contributed by atoms with Gasteiger partial charge in [-0.15, -0.1) is 0 Å². The predicted molar refractivity (Wildman–Crippen MR) is 229 cm³/mol. The molecule has 0 atom stereocenters. The van der Waals surface area contributed by atoms with Crippen LogP contribution < -0.4 is 4.74 Å². The first-order valence-electron chi connectivity index (χ1n) is 19.3. The van der Waals surface area contributed by atoms with Crippen molar-refractivity contribution in [3.63, 3.8) is 0 Å². The van der Waals surface area contributed by atoms with Crippen LogP contribution in [0, 0.1) is 11.3 Å². The van der Waals surface area contributed by atoms with Gasteiger partial charge in [-0.2, -0.15) is 5.26 Å². The second-order valence-corrected chi connectivity index (χ2v) is 14.6. The Balaban J connectivity index is 1.17. The number of benzene rings is 8. The summed E-state index contributed by atoms with van der Waals surface area (Å²) in [4.78, 5) is 15.2. The van der Waals surface area contributed by atoms with Crippen molar-refractivity contribution < 1.29 is 4.74 Å². The van der Waals surface area contributed by atoms with Gasteiger partial charge in [-0.25, -0.2) is 15.0 Å². The van der Waals surface area contributed by atoms with Crippen LogP contribution in [0.25, 0.3) is 67.5 Å². The lowest BCUT2D eigenvalue weighted by Gasteiger charge is -2.39. The van der Waals surface area contributed by atoms with Gasteiger partial charge in [0.1, 0.15) is 11.5 Å². The lowest BCUT2D eigenvalue weighted by atomic mass is 9.66. The maximum Gasteiger partial charge on any atom is 0.164 e. The summed E-state index contributed by atoms with van der Waals surface area (Å²) in [5, 5.41) is 10.3. The molecule has 58 heavy (non-hydrogen) atoms. The van der Waals surface area contributed by atoms with Gasteiger partial charge in [0.25, 0.3) is 0 Å². The number of fused-ring (bicyclic) bond motifs is 9. The highest BCUT2D eigenvalue weighted by Crippen LogP contribution is 2.62. The van der Waals surface area contributed by atoms with E-state index in [0.717, 1.165) is 61.6 Å². The predicted octanol–water partition coefficient (Wildman–Crippen LogP) is 12.5. The first kappa shape index (κ1) is 33.4. The van der Waals surface area contributed by atoms with Crippen LogP contribution in [-0.4, -0.2) is 15.0 Å². The van der Waals surface area contributed by atoms with Gasteiger partial charge in [0.15, 0.2) is 17.5 Å². The second-order valence-electron chi connectivity index (χ2n) is 14.6. The molecule has 5 heteroatoms. The third-order valence-corrected chi connectivity index (χ3v) is 11.4. The molecule has 1 aliphatic heterocycles. The molecule has 2 heterocycles. The molecule has 8 aromatic carbocycles. The Hall–Kier alpha value is -7.94. The molecule has 0 radical (unpaired) electrons. The van der Waals surface area contributed by atoms with Gasteiger partial charge in [0, 0.05) is 27.8 Å². The molecule has 11 rings (SSSR count). The minimum Gasteiger partial charge on any atom is -0.457 e. The Morgan fingerprint density at radius 3 is 1.48 bits per heavy atom. The van der Waals surface area contributed by atoms with E-state index in [4.69, 9.17) is 19.7 Å². The fourth-order valence-electron chi connectivity index (χ4n) is 8.88. The minimum absolute atomic E-state index is 0.544. The Morgan fingerprint density at radius 2 is 0.845 bits per heavy atom. The maximum absolute atomic E-state index is 10.3. The standard InChI is InChI=1S/C53H32N4O/c54-33-37-19-7-8-20-41(37)39-29-38(30-40(31-39)52-56-50(34-15-3-1-4-16-34)55-51(57-52)35-17-5-2-6-18-35)36-27-28-43-42-21-9-10-22-44(42)53(47(43)32-36)45-23-11-13-25-48(45)58-49-26-14-12-24-46(49)53/h1-32H. The van der Waals surface area contributed by atoms with E-state index in [9.17, 15) is 5.26 Å². The molecule has 0 saturated carbocycles. The molecule has 0 fully saturated rings. The average Bonchev–Trinajstić information content (AvgIpc) is 3.59. The van der Waals surface area contributed by atoms with Crippen LogP contribution in [0.15, 0.2) is 194 Å². The number of ether oxygens (including phenoxy) is 1. The molecule has 0 saturated heterocycles. The minimum atomic E-state index is -0.607. The number of para-hydroxylation sites is 2. The van der Waals surface area contributed by atoms with E-state index in [1.165, 1.54) is 22.3 Å². The molecule has 2 aliphatic rings. The molecule has 1 spiro atoms.